The van der Waals surface area contributed by atoms with Crippen molar-refractivity contribution < 1.29 is 4.79 Å². The van der Waals surface area contributed by atoms with Gasteiger partial charge < -0.3 is 5.32 Å². The summed E-state index contributed by atoms with van der Waals surface area (Å²) in [6.45, 7) is 0. The molecule has 0 aliphatic heterocycles. The minimum Gasteiger partial charge on any atom is -0.319 e. The van der Waals surface area contributed by atoms with Crippen molar-refractivity contribution in [1.82, 2.24) is 19.7 Å². The van der Waals surface area contributed by atoms with Gasteiger partial charge in [-0.3, -0.25) is 9.48 Å². The van der Waals surface area contributed by atoms with Gasteiger partial charge in [0.25, 0.3) is 5.91 Å². The van der Waals surface area contributed by atoms with Crippen LogP contribution in [0, 0.1) is 0 Å². The fourth-order valence-corrected chi connectivity index (χ4v) is 1.77. The Kier molecular flexibility index (Phi) is 2.68. The number of carbonyl (C=O) groups excluding carboxylic acids is 1. The maximum atomic E-state index is 11.9. The Balaban J connectivity index is 1.87. The van der Waals surface area contributed by atoms with Crippen molar-refractivity contribution in [1.29, 1.82) is 0 Å². The first-order valence-corrected chi connectivity index (χ1v) is 5.74. The lowest BCUT2D eigenvalue weighted by molar-refractivity contribution is 0.102. The Morgan fingerprint density at radius 1 is 1.32 bits per heavy atom. The SMILES string of the molecule is Cn1ccc(C(=O)Nc2cnc3ncccc3c2)n1. The number of hydrogen-bond acceptors (Lipinski definition) is 4. The molecule has 0 bridgehead atoms. The highest BCUT2D eigenvalue weighted by molar-refractivity contribution is 6.03. The molecule has 0 saturated heterocycles. The van der Waals surface area contributed by atoms with Crippen LogP contribution >= 0.6 is 0 Å². The number of rotatable bonds is 2. The van der Waals surface area contributed by atoms with Crippen LogP contribution in [-0.2, 0) is 7.05 Å². The molecule has 0 atom stereocenters. The smallest absolute Gasteiger partial charge is 0.276 e. The van der Waals surface area contributed by atoms with Crippen molar-refractivity contribution in [3.63, 3.8) is 0 Å². The summed E-state index contributed by atoms with van der Waals surface area (Å²) >= 11 is 0. The predicted octanol–water partition coefficient (Wildman–Crippen LogP) is 1.62. The molecule has 0 aliphatic rings. The molecular formula is C13H11N5O. The van der Waals surface area contributed by atoms with Gasteiger partial charge in [0.05, 0.1) is 11.9 Å². The molecule has 3 aromatic heterocycles. The van der Waals surface area contributed by atoms with E-state index in [1.165, 1.54) is 0 Å². The maximum Gasteiger partial charge on any atom is 0.276 e. The number of nitrogens with one attached hydrogen (secondary N) is 1. The van der Waals surface area contributed by atoms with Gasteiger partial charge in [-0.05, 0) is 24.3 Å². The van der Waals surface area contributed by atoms with Crippen LogP contribution in [0.25, 0.3) is 11.0 Å². The number of anilines is 1. The Hall–Kier alpha value is -2.76. The lowest BCUT2D eigenvalue weighted by atomic mass is 10.2. The minimum atomic E-state index is -0.259. The summed E-state index contributed by atoms with van der Waals surface area (Å²) in [6, 6.07) is 7.21. The molecule has 0 aromatic carbocycles. The van der Waals surface area contributed by atoms with E-state index in [-0.39, 0.29) is 5.91 Å². The van der Waals surface area contributed by atoms with Crippen molar-refractivity contribution in [3.8, 4) is 0 Å². The van der Waals surface area contributed by atoms with E-state index in [4.69, 9.17) is 0 Å². The summed E-state index contributed by atoms with van der Waals surface area (Å²) in [5, 5.41) is 7.68. The van der Waals surface area contributed by atoms with E-state index >= 15 is 0 Å². The molecule has 0 spiro atoms. The zero-order chi connectivity index (χ0) is 13.2. The Labute approximate surface area is 109 Å². The third-order valence-corrected chi connectivity index (χ3v) is 2.66. The number of pyridine rings is 2. The Bertz CT molecular complexity index is 749. The molecule has 6 nitrogen and oxygen atoms in total. The third kappa shape index (κ3) is 2.28. The van der Waals surface area contributed by atoms with Gasteiger partial charge in [-0.2, -0.15) is 5.10 Å². The first kappa shape index (κ1) is 11.3. The Morgan fingerprint density at radius 2 is 2.21 bits per heavy atom. The zero-order valence-electron chi connectivity index (χ0n) is 10.2. The van der Waals surface area contributed by atoms with Crippen LogP contribution in [0.2, 0.25) is 0 Å². The van der Waals surface area contributed by atoms with Gasteiger partial charge in [0, 0.05) is 24.8 Å². The first-order valence-electron chi connectivity index (χ1n) is 5.74. The topological polar surface area (TPSA) is 72.7 Å². The molecule has 94 valence electrons. The quantitative estimate of drug-likeness (QED) is 0.753. The van der Waals surface area contributed by atoms with Crippen LogP contribution < -0.4 is 5.32 Å². The summed E-state index contributed by atoms with van der Waals surface area (Å²) < 4.78 is 1.58. The van der Waals surface area contributed by atoms with Gasteiger partial charge in [0.15, 0.2) is 11.3 Å². The summed E-state index contributed by atoms with van der Waals surface area (Å²) in [5.41, 5.74) is 1.64. The van der Waals surface area contributed by atoms with Gasteiger partial charge in [0.1, 0.15) is 0 Å². The zero-order valence-corrected chi connectivity index (χ0v) is 10.2. The predicted molar refractivity (Wildman–Crippen MR) is 70.7 cm³/mol. The lowest BCUT2D eigenvalue weighted by Crippen LogP contribution is -2.13. The largest absolute Gasteiger partial charge is 0.319 e. The van der Waals surface area contributed by atoms with Gasteiger partial charge in [-0.25, -0.2) is 9.97 Å². The molecule has 0 fully saturated rings. The van der Waals surface area contributed by atoms with E-state index in [0.717, 1.165) is 5.39 Å². The average Bonchev–Trinajstić information content (AvgIpc) is 2.85. The van der Waals surface area contributed by atoms with Gasteiger partial charge in [0.2, 0.25) is 0 Å². The molecule has 3 rings (SSSR count). The van der Waals surface area contributed by atoms with Crippen LogP contribution in [-0.4, -0.2) is 25.7 Å². The molecule has 1 amide bonds. The minimum absolute atomic E-state index is 0.259. The third-order valence-electron chi connectivity index (χ3n) is 2.66. The first-order chi connectivity index (χ1) is 9.22. The second-order valence-electron chi connectivity index (χ2n) is 4.10. The molecule has 0 saturated carbocycles. The number of hydrogen-bond donors (Lipinski definition) is 1. The highest BCUT2D eigenvalue weighted by Crippen LogP contribution is 2.14. The second kappa shape index (κ2) is 4.49. The monoisotopic (exact) mass is 253 g/mol. The molecule has 6 heteroatoms. The summed E-state index contributed by atoms with van der Waals surface area (Å²) in [7, 11) is 1.76. The fraction of sp³-hybridized carbons (Fsp3) is 0.0769. The van der Waals surface area contributed by atoms with Crippen LogP contribution in [0.5, 0.6) is 0 Å². The Morgan fingerprint density at radius 3 is 3.00 bits per heavy atom. The fourth-order valence-electron chi connectivity index (χ4n) is 1.77. The number of aryl methyl sites for hydroxylation is 1. The summed E-state index contributed by atoms with van der Waals surface area (Å²) in [6.07, 6.45) is 4.98. The molecule has 3 aromatic rings. The number of nitrogens with zero attached hydrogens (tertiary/aromatic N) is 4. The van der Waals surface area contributed by atoms with Crippen LogP contribution in [0.3, 0.4) is 0 Å². The van der Waals surface area contributed by atoms with Crippen molar-refractivity contribution in [2.45, 2.75) is 0 Å². The van der Waals surface area contributed by atoms with E-state index in [9.17, 15) is 4.79 Å². The van der Waals surface area contributed by atoms with Gasteiger partial charge in [-0.1, -0.05) is 0 Å². The average molecular weight is 253 g/mol. The van der Waals surface area contributed by atoms with E-state index in [1.54, 1.807) is 36.4 Å². The van der Waals surface area contributed by atoms with Crippen LogP contribution in [0.15, 0.2) is 42.9 Å². The van der Waals surface area contributed by atoms with E-state index in [2.05, 4.69) is 20.4 Å². The highest BCUT2D eigenvalue weighted by atomic mass is 16.1. The molecule has 3 heterocycles. The normalized spacial score (nSPS) is 10.6. The van der Waals surface area contributed by atoms with Gasteiger partial charge in [-0.15, -0.1) is 0 Å². The standard InChI is InChI=1S/C13H11N5O/c1-18-6-4-11(17-18)13(19)16-10-7-9-3-2-5-14-12(9)15-8-10/h2-8H,1H3,(H,16,19). The number of fused-ring (bicyclic) bond motifs is 1. The van der Waals surface area contributed by atoms with Crippen LogP contribution in [0.1, 0.15) is 10.5 Å². The van der Waals surface area contributed by atoms with E-state index in [0.29, 0.717) is 17.0 Å². The molecule has 19 heavy (non-hydrogen) atoms. The molecule has 0 radical (unpaired) electrons. The van der Waals surface area contributed by atoms with Crippen molar-refractivity contribution >= 4 is 22.6 Å². The van der Waals surface area contributed by atoms with Crippen LogP contribution in [0.4, 0.5) is 5.69 Å². The molecule has 1 N–H and O–H groups in total. The van der Waals surface area contributed by atoms with Crippen molar-refractivity contribution in [3.05, 3.63) is 48.5 Å². The number of aromatic nitrogens is 4. The molecule has 0 unspecified atom stereocenters. The summed E-state index contributed by atoms with van der Waals surface area (Å²) in [5.74, 6) is -0.259. The number of amides is 1. The molecular weight excluding hydrogens is 242 g/mol. The highest BCUT2D eigenvalue weighted by Gasteiger charge is 2.09. The maximum absolute atomic E-state index is 11.9. The van der Waals surface area contributed by atoms with Gasteiger partial charge >= 0.3 is 0 Å². The van der Waals surface area contributed by atoms with Crippen molar-refractivity contribution in [2.75, 3.05) is 5.32 Å². The van der Waals surface area contributed by atoms with Crippen molar-refractivity contribution in [2.24, 2.45) is 7.05 Å². The summed E-state index contributed by atoms with van der Waals surface area (Å²) in [4.78, 5) is 20.2. The second-order valence-corrected chi connectivity index (χ2v) is 4.10. The number of carbonyl (C=O) groups is 1. The van der Waals surface area contributed by atoms with E-state index in [1.807, 2.05) is 18.2 Å². The van der Waals surface area contributed by atoms with E-state index < -0.39 is 0 Å². The lowest BCUT2D eigenvalue weighted by Gasteiger charge is -2.03. The molecule has 0 aliphatic carbocycles.